The third kappa shape index (κ3) is 2.08. The standard InChI is InChI=1S/C12H8BrFOS/c1-7-5-8(6-16-7)12(15)11-9(13)3-2-4-10(11)14/h2-6H,1H3. The average Bonchev–Trinajstić information content (AvgIpc) is 2.64. The number of carbonyl (C=O) groups excluding carboxylic acids is 1. The number of thiophene rings is 1. The molecule has 0 amide bonds. The molecule has 1 aromatic heterocycles. The molecule has 0 bridgehead atoms. The van der Waals surface area contributed by atoms with Gasteiger partial charge in [0.25, 0.3) is 0 Å². The van der Waals surface area contributed by atoms with Crippen LogP contribution in [0, 0.1) is 12.7 Å². The molecule has 0 aliphatic heterocycles. The second kappa shape index (κ2) is 4.47. The smallest absolute Gasteiger partial charge is 0.197 e. The van der Waals surface area contributed by atoms with Gasteiger partial charge in [-0.2, -0.15) is 0 Å². The van der Waals surface area contributed by atoms with E-state index < -0.39 is 5.82 Å². The summed E-state index contributed by atoms with van der Waals surface area (Å²) in [5.74, 6) is -0.780. The Balaban J connectivity index is 2.49. The maximum absolute atomic E-state index is 13.5. The molecule has 0 saturated heterocycles. The van der Waals surface area contributed by atoms with Crippen molar-refractivity contribution in [3.8, 4) is 0 Å². The lowest BCUT2D eigenvalue weighted by Gasteiger charge is -2.03. The van der Waals surface area contributed by atoms with Gasteiger partial charge >= 0.3 is 0 Å². The Morgan fingerprint density at radius 2 is 2.19 bits per heavy atom. The number of halogens is 2. The lowest BCUT2D eigenvalue weighted by molar-refractivity contribution is 0.103. The van der Waals surface area contributed by atoms with Gasteiger partial charge in [-0.05, 0) is 41.1 Å². The highest BCUT2D eigenvalue weighted by Gasteiger charge is 2.17. The van der Waals surface area contributed by atoms with E-state index in [1.54, 1.807) is 23.6 Å². The van der Waals surface area contributed by atoms with Crippen molar-refractivity contribution in [1.82, 2.24) is 0 Å². The Bertz CT molecular complexity index is 527. The van der Waals surface area contributed by atoms with Crippen molar-refractivity contribution in [3.63, 3.8) is 0 Å². The third-order valence-electron chi connectivity index (χ3n) is 2.18. The summed E-state index contributed by atoms with van der Waals surface area (Å²) in [6.45, 7) is 1.91. The number of rotatable bonds is 2. The molecule has 0 aliphatic carbocycles. The molecular formula is C12H8BrFOS. The molecule has 82 valence electrons. The SMILES string of the molecule is Cc1cc(C(=O)c2c(F)cccc2Br)cs1. The molecule has 2 rings (SSSR count). The zero-order valence-corrected chi connectivity index (χ0v) is 10.9. The first kappa shape index (κ1) is 11.5. The van der Waals surface area contributed by atoms with Crippen molar-refractivity contribution in [1.29, 1.82) is 0 Å². The monoisotopic (exact) mass is 298 g/mol. The van der Waals surface area contributed by atoms with Gasteiger partial charge in [-0.1, -0.05) is 6.07 Å². The largest absolute Gasteiger partial charge is 0.288 e. The van der Waals surface area contributed by atoms with Gasteiger partial charge in [-0.3, -0.25) is 4.79 Å². The van der Waals surface area contributed by atoms with E-state index in [2.05, 4.69) is 15.9 Å². The minimum atomic E-state index is -0.497. The van der Waals surface area contributed by atoms with Crippen molar-refractivity contribution >= 4 is 33.0 Å². The molecule has 1 heterocycles. The van der Waals surface area contributed by atoms with E-state index in [0.717, 1.165) is 4.88 Å². The first-order valence-electron chi connectivity index (χ1n) is 4.63. The summed E-state index contributed by atoms with van der Waals surface area (Å²) in [6, 6.07) is 6.29. The van der Waals surface area contributed by atoms with Crippen LogP contribution in [-0.4, -0.2) is 5.78 Å². The van der Waals surface area contributed by atoms with Gasteiger partial charge in [0.2, 0.25) is 0 Å². The highest BCUT2D eigenvalue weighted by molar-refractivity contribution is 9.10. The summed E-state index contributed by atoms with van der Waals surface area (Å²) in [7, 11) is 0. The zero-order valence-electron chi connectivity index (χ0n) is 8.46. The second-order valence-electron chi connectivity index (χ2n) is 3.37. The van der Waals surface area contributed by atoms with Gasteiger partial charge in [0, 0.05) is 20.3 Å². The Labute approximate surface area is 105 Å². The fourth-order valence-corrected chi connectivity index (χ4v) is 2.63. The third-order valence-corrected chi connectivity index (χ3v) is 3.70. The van der Waals surface area contributed by atoms with Gasteiger partial charge < -0.3 is 0 Å². The molecule has 0 aliphatic rings. The van der Waals surface area contributed by atoms with Crippen molar-refractivity contribution < 1.29 is 9.18 Å². The maximum atomic E-state index is 13.5. The van der Waals surface area contributed by atoms with E-state index in [1.165, 1.54) is 17.4 Å². The summed E-state index contributed by atoms with van der Waals surface area (Å²) in [6.07, 6.45) is 0. The van der Waals surface area contributed by atoms with Crippen LogP contribution in [0.25, 0.3) is 0 Å². The van der Waals surface area contributed by atoms with Crippen molar-refractivity contribution in [3.05, 3.63) is 55.9 Å². The molecule has 1 aromatic carbocycles. The molecule has 0 atom stereocenters. The van der Waals surface area contributed by atoms with E-state index in [9.17, 15) is 9.18 Å². The van der Waals surface area contributed by atoms with Gasteiger partial charge in [0.05, 0.1) is 5.56 Å². The van der Waals surface area contributed by atoms with E-state index >= 15 is 0 Å². The molecular weight excluding hydrogens is 291 g/mol. The van der Waals surface area contributed by atoms with E-state index in [1.807, 2.05) is 6.92 Å². The molecule has 0 radical (unpaired) electrons. The van der Waals surface area contributed by atoms with Gasteiger partial charge in [0.15, 0.2) is 5.78 Å². The average molecular weight is 299 g/mol. The first-order chi connectivity index (χ1) is 7.59. The van der Waals surface area contributed by atoms with Crippen LogP contribution >= 0.6 is 27.3 Å². The Morgan fingerprint density at radius 1 is 1.44 bits per heavy atom. The van der Waals surface area contributed by atoms with Crippen molar-refractivity contribution in [2.24, 2.45) is 0 Å². The lowest BCUT2D eigenvalue weighted by Crippen LogP contribution is -2.04. The van der Waals surface area contributed by atoms with Gasteiger partial charge in [0.1, 0.15) is 5.82 Å². The number of hydrogen-bond acceptors (Lipinski definition) is 2. The topological polar surface area (TPSA) is 17.1 Å². The molecule has 0 N–H and O–H groups in total. The second-order valence-corrected chi connectivity index (χ2v) is 5.34. The van der Waals surface area contributed by atoms with E-state index in [4.69, 9.17) is 0 Å². The van der Waals surface area contributed by atoms with Crippen LogP contribution in [0.1, 0.15) is 20.8 Å². The highest BCUT2D eigenvalue weighted by Crippen LogP contribution is 2.24. The van der Waals surface area contributed by atoms with Gasteiger partial charge in [-0.25, -0.2) is 4.39 Å². The maximum Gasteiger partial charge on any atom is 0.197 e. The molecule has 0 unspecified atom stereocenters. The fourth-order valence-electron chi connectivity index (χ4n) is 1.42. The number of ketones is 1. The molecule has 16 heavy (non-hydrogen) atoms. The van der Waals surface area contributed by atoms with E-state index in [-0.39, 0.29) is 11.3 Å². The number of benzene rings is 1. The number of aryl methyl sites for hydroxylation is 1. The first-order valence-corrected chi connectivity index (χ1v) is 6.30. The Morgan fingerprint density at radius 3 is 2.75 bits per heavy atom. The van der Waals surface area contributed by atoms with Crippen LogP contribution in [0.3, 0.4) is 0 Å². The van der Waals surface area contributed by atoms with Crippen LogP contribution in [-0.2, 0) is 0 Å². The summed E-state index contributed by atoms with van der Waals surface area (Å²) in [4.78, 5) is 13.1. The molecule has 1 nitrogen and oxygen atoms in total. The normalized spacial score (nSPS) is 10.4. The summed E-state index contributed by atoms with van der Waals surface area (Å²) < 4.78 is 14.0. The highest BCUT2D eigenvalue weighted by atomic mass is 79.9. The quantitative estimate of drug-likeness (QED) is 0.760. The number of hydrogen-bond donors (Lipinski definition) is 0. The zero-order chi connectivity index (χ0) is 11.7. The Kier molecular flexibility index (Phi) is 3.21. The van der Waals surface area contributed by atoms with Crippen molar-refractivity contribution in [2.75, 3.05) is 0 Å². The molecule has 0 spiro atoms. The minimum absolute atomic E-state index is 0.0975. The predicted molar refractivity (Wildman–Crippen MR) is 66.6 cm³/mol. The van der Waals surface area contributed by atoms with Crippen LogP contribution in [0.15, 0.2) is 34.1 Å². The van der Waals surface area contributed by atoms with Crippen LogP contribution < -0.4 is 0 Å². The lowest BCUT2D eigenvalue weighted by atomic mass is 10.1. The summed E-state index contributed by atoms with van der Waals surface area (Å²) in [5.41, 5.74) is 0.633. The summed E-state index contributed by atoms with van der Waals surface area (Å²) >= 11 is 4.67. The molecule has 0 fully saturated rings. The minimum Gasteiger partial charge on any atom is -0.288 e. The Hall–Kier alpha value is -1.000. The van der Waals surface area contributed by atoms with Crippen LogP contribution in [0.5, 0.6) is 0 Å². The fraction of sp³-hybridized carbons (Fsp3) is 0.0833. The number of carbonyl (C=O) groups is 1. The van der Waals surface area contributed by atoms with Crippen molar-refractivity contribution in [2.45, 2.75) is 6.92 Å². The molecule has 2 aromatic rings. The molecule has 4 heteroatoms. The summed E-state index contributed by atoms with van der Waals surface area (Å²) in [5, 5.41) is 1.75. The van der Waals surface area contributed by atoms with Gasteiger partial charge in [-0.15, -0.1) is 11.3 Å². The van der Waals surface area contributed by atoms with Crippen LogP contribution in [0.4, 0.5) is 4.39 Å². The van der Waals surface area contributed by atoms with E-state index in [0.29, 0.717) is 10.0 Å². The predicted octanol–water partition coefficient (Wildman–Crippen LogP) is 4.19. The van der Waals surface area contributed by atoms with Crippen LogP contribution in [0.2, 0.25) is 0 Å². The molecule has 0 saturated carbocycles.